The number of aliphatic hydroxyl groups is 2. The zero-order chi connectivity index (χ0) is 10.6. The maximum absolute atomic E-state index is 9.61. The molecule has 0 aliphatic heterocycles. The lowest BCUT2D eigenvalue weighted by Crippen LogP contribution is -2.26. The predicted molar refractivity (Wildman–Crippen MR) is 55.1 cm³/mol. The van der Waals surface area contributed by atoms with Crippen LogP contribution in [0.4, 0.5) is 0 Å². The Morgan fingerprint density at radius 2 is 2.29 bits per heavy atom. The van der Waals surface area contributed by atoms with E-state index in [0.717, 1.165) is 4.88 Å². The summed E-state index contributed by atoms with van der Waals surface area (Å²) in [7, 11) is 1.62. The second-order valence-corrected chi connectivity index (χ2v) is 4.02. The second kappa shape index (κ2) is 5.43. The largest absolute Gasteiger partial charge is 0.389 e. The number of methoxy groups -OCH3 is 1. The molecule has 2 unspecified atom stereocenters. The molecule has 1 heterocycles. The topological polar surface area (TPSA) is 75.7 Å². The van der Waals surface area contributed by atoms with Crippen LogP contribution in [-0.4, -0.2) is 30.0 Å². The summed E-state index contributed by atoms with van der Waals surface area (Å²) in [4.78, 5) is 1.02. The summed E-state index contributed by atoms with van der Waals surface area (Å²) in [5, 5.41) is 20.7. The highest BCUT2D eigenvalue weighted by Gasteiger charge is 2.17. The Morgan fingerprint density at radius 3 is 2.86 bits per heavy atom. The van der Waals surface area contributed by atoms with Gasteiger partial charge in [0, 0.05) is 18.5 Å². The molecule has 2 atom stereocenters. The highest BCUT2D eigenvalue weighted by Crippen LogP contribution is 2.23. The van der Waals surface area contributed by atoms with Crippen LogP contribution in [0.5, 0.6) is 0 Å². The molecule has 0 saturated heterocycles. The first-order valence-corrected chi connectivity index (χ1v) is 5.19. The zero-order valence-corrected chi connectivity index (χ0v) is 8.83. The standard InChI is InChI=1S/C9H15NO3S/c1-13-4-7-2-6(5-14-7)9(12)8(11)3-10/h2,5,8-9,11-12H,3-4,10H2,1H3. The van der Waals surface area contributed by atoms with Gasteiger partial charge < -0.3 is 20.7 Å². The van der Waals surface area contributed by atoms with Crippen molar-refractivity contribution < 1.29 is 14.9 Å². The van der Waals surface area contributed by atoms with Crippen molar-refractivity contribution in [2.24, 2.45) is 5.73 Å². The Bertz CT molecular complexity index is 277. The molecule has 1 aromatic rings. The minimum absolute atomic E-state index is 0.0522. The molecule has 5 heteroatoms. The fraction of sp³-hybridized carbons (Fsp3) is 0.556. The number of nitrogens with two attached hydrogens (primary N) is 1. The van der Waals surface area contributed by atoms with Crippen molar-refractivity contribution in [3.8, 4) is 0 Å². The maximum atomic E-state index is 9.61. The Morgan fingerprint density at radius 1 is 1.57 bits per heavy atom. The molecule has 0 aromatic carbocycles. The summed E-state index contributed by atoms with van der Waals surface area (Å²) < 4.78 is 4.95. The van der Waals surface area contributed by atoms with Gasteiger partial charge in [-0.25, -0.2) is 0 Å². The van der Waals surface area contributed by atoms with Gasteiger partial charge in [-0.3, -0.25) is 0 Å². The molecule has 0 saturated carbocycles. The minimum Gasteiger partial charge on any atom is -0.389 e. The van der Waals surface area contributed by atoms with Crippen molar-refractivity contribution in [3.05, 3.63) is 21.9 Å². The number of hydrogen-bond acceptors (Lipinski definition) is 5. The minimum atomic E-state index is -0.903. The van der Waals surface area contributed by atoms with Crippen LogP contribution in [-0.2, 0) is 11.3 Å². The van der Waals surface area contributed by atoms with Gasteiger partial charge in [0.1, 0.15) is 6.10 Å². The molecule has 0 aliphatic rings. The van der Waals surface area contributed by atoms with Crippen molar-refractivity contribution in [2.75, 3.05) is 13.7 Å². The normalized spacial score (nSPS) is 15.4. The van der Waals surface area contributed by atoms with Gasteiger partial charge in [-0.05, 0) is 17.0 Å². The highest BCUT2D eigenvalue weighted by atomic mass is 32.1. The zero-order valence-electron chi connectivity index (χ0n) is 8.01. The van der Waals surface area contributed by atoms with E-state index in [0.29, 0.717) is 12.2 Å². The van der Waals surface area contributed by atoms with Crippen LogP contribution in [0.15, 0.2) is 11.4 Å². The average molecular weight is 217 g/mol. The quantitative estimate of drug-likeness (QED) is 0.660. The molecule has 0 spiro atoms. The monoisotopic (exact) mass is 217 g/mol. The lowest BCUT2D eigenvalue weighted by Gasteiger charge is -2.14. The van der Waals surface area contributed by atoms with Crippen LogP contribution in [0, 0.1) is 0 Å². The summed E-state index contributed by atoms with van der Waals surface area (Å²) in [6, 6.07) is 1.82. The average Bonchev–Trinajstić information content (AvgIpc) is 2.64. The number of thiophene rings is 1. The fourth-order valence-corrected chi connectivity index (χ4v) is 2.01. The number of hydrogen-bond donors (Lipinski definition) is 3. The first-order valence-electron chi connectivity index (χ1n) is 4.31. The van der Waals surface area contributed by atoms with E-state index < -0.39 is 12.2 Å². The molecule has 14 heavy (non-hydrogen) atoms. The van der Waals surface area contributed by atoms with E-state index in [1.165, 1.54) is 11.3 Å². The Kier molecular flexibility index (Phi) is 4.50. The van der Waals surface area contributed by atoms with Crippen molar-refractivity contribution in [2.45, 2.75) is 18.8 Å². The molecule has 0 amide bonds. The summed E-state index contributed by atoms with van der Waals surface area (Å²) >= 11 is 1.49. The predicted octanol–water partition coefficient (Wildman–Crippen LogP) is 0.247. The Labute approximate surface area is 86.9 Å². The molecule has 0 aliphatic carbocycles. The van der Waals surface area contributed by atoms with E-state index in [1.807, 2.05) is 6.07 Å². The van der Waals surface area contributed by atoms with Gasteiger partial charge in [-0.1, -0.05) is 0 Å². The molecule has 80 valence electrons. The molecule has 0 fully saturated rings. The third-order valence-electron chi connectivity index (χ3n) is 1.91. The third-order valence-corrected chi connectivity index (χ3v) is 2.84. The molecule has 0 bridgehead atoms. The van der Waals surface area contributed by atoms with E-state index in [2.05, 4.69) is 0 Å². The number of aliphatic hydroxyl groups excluding tert-OH is 2. The maximum Gasteiger partial charge on any atom is 0.107 e. The molecular weight excluding hydrogens is 202 g/mol. The lowest BCUT2D eigenvalue weighted by molar-refractivity contribution is 0.0245. The van der Waals surface area contributed by atoms with E-state index in [-0.39, 0.29) is 6.54 Å². The van der Waals surface area contributed by atoms with E-state index in [9.17, 15) is 10.2 Å². The van der Waals surface area contributed by atoms with Crippen LogP contribution in [0.25, 0.3) is 0 Å². The van der Waals surface area contributed by atoms with Crippen molar-refractivity contribution in [1.29, 1.82) is 0 Å². The van der Waals surface area contributed by atoms with Crippen LogP contribution < -0.4 is 5.73 Å². The first kappa shape index (κ1) is 11.6. The molecule has 4 N–H and O–H groups in total. The molecule has 4 nitrogen and oxygen atoms in total. The van der Waals surface area contributed by atoms with Gasteiger partial charge in [0.25, 0.3) is 0 Å². The van der Waals surface area contributed by atoms with Crippen molar-refractivity contribution >= 4 is 11.3 Å². The SMILES string of the molecule is COCc1cc(C(O)C(O)CN)cs1. The van der Waals surface area contributed by atoms with Crippen molar-refractivity contribution in [1.82, 2.24) is 0 Å². The fourth-order valence-electron chi connectivity index (χ4n) is 1.12. The summed E-state index contributed by atoms with van der Waals surface area (Å²) in [5.41, 5.74) is 5.94. The van der Waals surface area contributed by atoms with Crippen LogP contribution in [0.2, 0.25) is 0 Å². The third kappa shape index (κ3) is 2.76. The Balaban J connectivity index is 2.65. The number of rotatable bonds is 5. The van der Waals surface area contributed by atoms with Crippen molar-refractivity contribution in [3.63, 3.8) is 0 Å². The highest BCUT2D eigenvalue weighted by molar-refractivity contribution is 7.10. The van der Waals surface area contributed by atoms with Gasteiger partial charge in [0.2, 0.25) is 0 Å². The van der Waals surface area contributed by atoms with E-state index in [4.69, 9.17) is 10.5 Å². The first-order chi connectivity index (χ1) is 6.69. The summed E-state index contributed by atoms with van der Waals surface area (Å²) in [6.07, 6.45) is -1.80. The molecule has 1 aromatic heterocycles. The van der Waals surface area contributed by atoms with Gasteiger partial charge >= 0.3 is 0 Å². The van der Waals surface area contributed by atoms with Gasteiger partial charge in [-0.15, -0.1) is 11.3 Å². The van der Waals surface area contributed by atoms with E-state index in [1.54, 1.807) is 12.5 Å². The van der Waals surface area contributed by atoms with Crippen LogP contribution >= 0.6 is 11.3 Å². The van der Waals surface area contributed by atoms with Gasteiger partial charge in [0.05, 0.1) is 12.7 Å². The van der Waals surface area contributed by atoms with E-state index >= 15 is 0 Å². The molecule has 0 radical (unpaired) electrons. The second-order valence-electron chi connectivity index (χ2n) is 3.03. The van der Waals surface area contributed by atoms with Crippen LogP contribution in [0.3, 0.4) is 0 Å². The smallest absolute Gasteiger partial charge is 0.107 e. The Hall–Kier alpha value is -0.460. The van der Waals surface area contributed by atoms with Gasteiger partial charge in [0.15, 0.2) is 0 Å². The summed E-state index contributed by atoms with van der Waals surface area (Å²) in [6.45, 7) is 0.576. The molecular formula is C9H15NO3S. The van der Waals surface area contributed by atoms with Crippen LogP contribution in [0.1, 0.15) is 16.5 Å². The lowest BCUT2D eigenvalue weighted by atomic mass is 10.1. The number of ether oxygens (including phenoxy) is 1. The summed E-state index contributed by atoms with van der Waals surface area (Å²) in [5.74, 6) is 0. The van der Waals surface area contributed by atoms with Gasteiger partial charge in [-0.2, -0.15) is 0 Å². The molecule has 1 rings (SSSR count).